The number of nitrogens with zero attached hydrogens (tertiary/aromatic N) is 2. The molecule has 0 aromatic carbocycles. The molecule has 6 rings (SSSR count). The van der Waals surface area contributed by atoms with Crippen LogP contribution in [-0.4, -0.2) is 56.5 Å². The average molecular weight is 525 g/mol. The predicted molar refractivity (Wildman–Crippen MR) is 139 cm³/mol. The summed E-state index contributed by atoms with van der Waals surface area (Å²) >= 11 is 1.33. The molecule has 1 aliphatic heterocycles. The van der Waals surface area contributed by atoms with Gasteiger partial charge in [0.25, 0.3) is 0 Å². The minimum atomic E-state index is -1.10. The van der Waals surface area contributed by atoms with Gasteiger partial charge in [0.1, 0.15) is 0 Å². The van der Waals surface area contributed by atoms with Gasteiger partial charge in [0.05, 0.1) is 18.0 Å². The fourth-order valence-corrected chi connectivity index (χ4v) is 9.35. The molecule has 1 aromatic rings. The summed E-state index contributed by atoms with van der Waals surface area (Å²) < 4.78 is 13.2. The van der Waals surface area contributed by atoms with Gasteiger partial charge in [-0.1, -0.05) is 50.6 Å². The van der Waals surface area contributed by atoms with E-state index in [2.05, 4.69) is 30.7 Å². The molecule has 4 fully saturated rings. The van der Waals surface area contributed by atoms with E-state index in [1.54, 1.807) is 30.6 Å². The summed E-state index contributed by atoms with van der Waals surface area (Å²) in [7, 11) is 0. The third-order valence-corrected chi connectivity index (χ3v) is 11.0. The van der Waals surface area contributed by atoms with Crippen molar-refractivity contribution in [2.45, 2.75) is 88.6 Å². The van der Waals surface area contributed by atoms with E-state index in [1.165, 1.54) is 11.8 Å². The third-order valence-electron chi connectivity index (χ3n) is 10.1. The molecule has 2 heterocycles. The normalized spacial score (nSPS) is 44.0. The number of ether oxygens (including phenoxy) is 2. The van der Waals surface area contributed by atoms with Crippen molar-refractivity contribution in [2.24, 2.45) is 28.6 Å². The first-order valence-electron chi connectivity index (χ1n) is 13.6. The molecule has 37 heavy (non-hydrogen) atoms. The molecule has 1 aromatic heterocycles. The van der Waals surface area contributed by atoms with Crippen LogP contribution in [0, 0.1) is 28.6 Å². The molecule has 0 bridgehead atoms. The number of aromatic nitrogens is 2. The van der Waals surface area contributed by atoms with E-state index < -0.39 is 23.4 Å². The molecule has 0 spiro atoms. The first-order valence-corrected chi connectivity index (χ1v) is 14.6. The quantitative estimate of drug-likeness (QED) is 0.434. The second kappa shape index (κ2) is 9.11. The molecule has 0 radical (unpaired) electrons. The first-order chi connectivity index (χ1) is 17.7. The van der Waals surface area contributed by atoms with E-state index >= 15 is 0 Å². The molecule has 6 unspecified atom stereocenters. The van der Waals surface area contributed by atoms with Crippen molar-refractivity contribution in [3.63, 3.8) is 0 Å². The van der Waals surface area contributed by atoms with Crippen LogP contribution in [0.5, 0.6) is 0 Å². The zero-order valence-electron chi connectivity index (χ0n) is 21.8. The molecule has 1 N–H and O–H groups in total. The van der Waals surface area contributed by atoms with Gasteiger partial charge in [0.2, 0.25) is 0 Å². The summed E-state index contributed by atoms with van der Waals surface area (Å²) in [4.78, 5) is 34.9. The van der Waals surface area contributed by atoms with Crippen molar-refractivity contribution in [1.29, 1.82) is 0 Å². The minimum absolute atomic E-state index is 0.000522. The Morgan fingerprint density at radius 3 is 2.81 bits per heavy atom. The lowest BCUT2D eigenvalue weighted by atomic mass is 9.46. The van der Waals surface area contributed by atoms with Gasteiger partial charge in [-0.15, -0.1) is 0 Å². The van der Waals surface area contributed by atoms with Crippen LogP contribution >= 0.6 is 11.8 Å². The Kier molecular flexibility index (Phi) is 6.26. The minimum Gasteiger partial charge on any atom is -0.393 e. The van der Waals surface area contributed by atoms with Crippen molar-refractivity contribution in [1.82, 2.24) is 9.97 Å². The van der Waals surface area contributed by atoms with Crippen LogP contribution in [0.1, 0.15) is 59.3 Å². The maximum absolute atomic E-state index is 14.2. The average Bonchev–Trinajstić information content (AvgIpc) is 3.35. The SMILES string of the molecule is CCC[C@@H]1O[C@@H]2CC3C4CCC5=CC(=O)C=CC5(C)C4C(O)CC3(C)[C@]2(C(=O)CSc2ncccn2)O1. The molecule has 4 aliphatic carbocycles. The highest BCUT2D eigenvalue weighted by molar-refractivity contribution is 7.99. The predicted octanol–water partition coefficient (Wildman–Crippen LogP) is 4.31. The standard InChI is InChI=1S/C29H36N2O5S/c1-4-6-24-35-23-14-20-19-8-7-17-13-18(32)9-10-27(17,2)25(19)21(33)15-28(20,3)29(23,36-24)22(34)16-37-26-30-11-5-12-31-26/h5,9-13,19-21,23-25,33H,4,6-8,14-16H2,1-3H3/t19?,20?,21?,23-,24-,25?,27?,28?,29-/m1/s1. The highest BCUT2D eigenvalue weighted by Gasteiger charge is 2.75. The van der Waals surface area contributed by atoms with Crippen LogP contribution in [0.4, 0.5) is 0 Å². The van der Waals surface area contributed by atoms with E-state index in [0.717, 1.165) is 37.7 Å². The summed E-state index contributed by atoms with van der Waals surface area (Å²) in [6, 6.07) is 1.76. The van der Waals surface area contributed by atoms with Crippen LogP contribution in [0.2, 0.25) is 0 Å². The van der Waals surface area contributed by atoms with Gasteiger partial charge in [-0.25, -0.2) is 9.97 Å². The van der Waals surface area contributed by atoms with Crippen molar-refractivity contribution in [2.75, 3.05) is 5.75 Å². The van der Waals surface area contributed by atoms with Gasteiger partial charge in [0, 0.05) is 29.1 Å². The Balaban J connectivity index is 1.35. The topological polar surface area (TPSA) is 98.6 Å². The van der Waals surface area contributed by atoms with Crippen LogP contribution < -0.4 is 0 Å². The molecule has 1 saturated heterocycles. The summed E-state index contributed by atoms with van der Waals surface area (Å²) in [5.74, 6) is 0.634. The van der Waals surface area contributed by atoms with Crippen LogP contribution in [-0.2, 0) is 19.1 Å². The third kappa shape index (κ3) is 3.66. The maximum atomic E-state index is 14.2. The van der Waals surface area contributed by atoms with Crippen molar-refractivity contribution < 1.29 is 24.2 Å². The van der Waals surface area contributed by atoms with Crippen molar-refractivity contribution in [3.8, 4) is 0 Å². The van der Waals surface area contributed by atoms with E-state index in [1.807, 2.05) is 6.08 Å². The number of ketones is 2. The number of carbonyl (C=O) groups is 2. The molecule has 7 nitrogen and oxygen atoms in total. The summed E-state index contributed by atoms with van der Waals surface area (Å²) in [6.07, 6.45) is 12.0. The number of carbonyl (C=O) groups excluding carboxylic acids is 2. The van der Waals surface area contributed by atoms with Crippen LogP contribution in [0.25, 0.3) is 0 Å². The smallest absolute Gasteiger partial charge is 0.187 e. The Morgan fingerprint density at radius 2 is 2.05 bits per heavy atom. The zero-order valence-corrected chi connectivity index (χ0v) is 22.6. The number of Topliss-reactive ketones (excluding diaryl/α,β-unsaturated/α-hetero) is 1. The largest absolute Gasteiger partial charge is 0.393 e. The van der Waals surface area contributed by atoms with E-state index in [0.29, 0.717) is 11.6 Å². The van der Waals surface area contributed by atoms with E-state index in [-0.39, 0.29) is 46.6 Å². The molecule has 198 valence electrons. The van der Waals surface area contributed by atoms with Gasteiger partial charge in [0.15, 0.2) is 28.6 Å². The lowest BCUT2D eigenvalue weighted by molar-refractivity contribution is -0.197. The van der Waals surface area contributed by atoms with Crippen molar-refractivity contribution >= 4 is 23.3 Å². The number of fused-ring (bicyclic) bond motifs is 7. The summed E-state index contributed by atoms with van der Waals surface area (Å²) in [5.41, 5.74) is -0.871. The van der Waals surface area contributed by atoms with Gasteiger partial charge < -0.3 is 14.6 Å². The number of aliphatic hydroxyl groups excluding tert-OH is 1. The van der Waals surface area contributed by atoms with Crippen LogP contribution in [0.3, 0.4) is 0 Å². The summed E-state index contributed by atoms with van der Waals surface area (Å²) in [5, 5.41) is 12.4. The summed E-state index contributed by atoms with van der Waals surface area (Å²) in [6.45, 7) is 6.42. The monoisotopic (exact) mass is 524 g/mol. The number of allylic oxidation sites excluding steroid dienone is 4. The van der Waals surface area contributed by atoms with Crippen LogP contribution in [0.15, 0.2) is 47.4 Å². The molecular weight excluding hydrogens is 488 g/mol. The van der Waals surface area contributed by atoms with E-state index in [9.17, 15) is 14.7 Å². The zero-order chi connectivity index (χ0) is 26.0. The van der Waals surface area contributed by atoms with Gasteiger partial charge in [-0.3, -0.25) is 9.59 Å². The van der Waals surface area contributed by atoms with Gasteiger partial charge in [-0.05, 0) is 62.2 Å². The van der Waals surface area contributed by atoms with Crippen molar-refractivity contribution in [3.05, 3.63) is 42.3 Å². The van der Waals surface area contributed by atoms with Gasteiger partial charge in [-0.2, -0.15) is 0 Å². The van der Waals surface area contributed by atoms with Gasteiger partial charge >= 0.3 is 0 Å². The number of aliphatic hydroxyl groups is 1. The molecule has 9 atom stereocenters. The molecule has 8 heteroatoms. The highest BCUT2D eigenvalue weighted by atomic mass is 32.2. The second-order valence-electron chi connectivity index (χ2n) is 11.9. The number of thioether (sulfide) groups is 1. The highest BCUT2D eigenvalue weighted by Crippen LogP contribution is 2.69. The number of rotatable bonds is 6. The number of hydrogen-bond acceptors (Lipinski definition) is 8. The Bertz CT molecular complexity index is 1160. The molecule has 5 aliphatic rings. The fraction of sp³-hybridized carbons (Fsp3) is 0.655. The van der Waals surface area contributed by atoms with E-state index in [4.69, 9.17) is 9.47 Å². The second-order valence-corrected chi connectivity index (χ2v) is 12.8. The lowest BCUT2D eigenvalue weighted by Crippen LogP contribution is -2.63. The fourth-order valence-electron chi connectivity index (χ4n) is 8.60. The number of hydrogen-bond donors (Lipinski definition) is 1. The Morgan fingerprint density at radius 1 is 1.27 bits per heavy atom. The molecular formula is C29H36N2O5S. The molecule has 0 amide bonds. The lowest BCUT2D eigenvalue weighted by Gasteiger charge is -2.59. The maximum Gasteiger partial charge on any atom is 0.187 e. The Labute approximate surface area is 222 Å². The first kappa shape index (κ1) is 25.4. The molecule has 3 saturated carbocycles. The Hall–Kier alpha value is -1.87.